The Bertz CT molecular complexity index is 593. The molecule has 0 aliphatic carbocycles. The lowest BCUT2D eigenvalue weighted by molar-refractivity contribution is 0.570. The summed E-state index contributed by atoms with van der Waals surface area (Å²) in [5.74, 6) is -0.536. The van der Waals surface area contributed by atoms with E-state index in [9.17, 15) is 8.78 Å². The van der Waals surface area contributed by atoms with Gasteiger partial charge in [0.15, 0.2) is 0 Å². The first kappa shape index (κ1) is 15.1. The van der Waals surface area contributed by atoms with E-state index in [2.05, 4.69) is 21.2 Å². The second-order valence-corrected chi connectivity index (χ2v) is 5.73. The summed E-state index contributed by atoms with van der Waals surface area (Å²) in [5, 5.41) is 3.16. The predicted molar refractivity (Wildman–Crippen MR) is 80.7 cm³/mol. The highest BCUT2D eigenvalue weighted by molar-refractivity contribution is 9.10. The summed E-state index contributed by atoms with van der Waals surface area (Å²) in [7, 11) is 1.82. The van der Waals surface area contributed by atoms with Crippen LogP contribution in [0, 0.1) is 18.6 Å². The van der Waals surface area contributed by atoms with Gasteiger partial charge in [-0.05, 0) is 67.4 Å². The zero-order chi connectivity index (χ0) is 14.7. The molecule has 1 N–H and O–H groups in total. The van der Waals surface area contributed by atoms with Crippen molar-refractivity contribution in [2.75, 3.05) is 7.05 Å². The van der Waals surface area contributed by atoms with Crippen molar-refractivity contribution >= 4 is 15.9 Å². The van der Waals surface area contributed by atoms with Crippen molar-refractivity contribution in [3.8, 4) is 0 Å². The number of hydrogen-bond donors (Lipinski definition) is 1. The highest BCUT2D eigenvalue weighted by Crippen LogP contribution is 2.24. The number of aryl methyl sites for hydroxylation is 1. The Balaban J connectivity index is 2.30. The van der Waals surface area contributed by atoms with Gasteiger partial charge in [0, 0.05) is 10.5 Å². The number of hydrogen-bond acceptors (Lipinski definition) is 1. The van der Waals surface area contributed by atoms with Crippen molar-refractivity contribution < 1.29 is 8.78 Å². The number of nitrogens with one attached hydrogen (secondary N) is 1. The number of benzene rings is 2. The average Bonchev–Trinajstić information content (AvgIpc) is 2.38. The zero-order valence-electron chi connectivity index (χ0n) is 11.4. The Morgan fingerprint density at radius 2 is 1.85 bits per heavy atom. The van der Waals surface area contributed by atoms with Crippen molar-refractivity contribution in [1.29, 1.82) is 0 Å². The van der Waals surface area contributed by atoms with Crippen LogP contribution in [-0.4, -0.2) is 7.05 Å². The van der Waals surface area contributed by atoms with Crippen molar-refractivity contribution in [2.45, 2.75) is 19.4 Å². The number of rotatable bonds is 4. The minimum absolute atomic E-state index is 0.0671. The van der Waals surface area contributed by atoms with E-state index < -0.39 is 0 Å². The molecular formula is C16H16BrF2N. The van der Waals surface area contributed by atoms with Crippen molar-refractivity contribution in [3.05, 3.63) is 69.2 Å². The molecule has 0 heterocycles. The van der Waals surface area contributed by atoms with Crippen LogP contribution in [0.2, 0.25) is 0 Å². The van der Waals surface area contributed by atoms with E-state index in [4.69, 9.17) is 0 Å². The van der Waals surface area contributed by atoms with Crippen LogP contribution in [0.15, 0.2) is 40.9 Å². The molecule has 0 saturated carbocycles. The average molecular weight is 340 g/mol. The van der Waals surface area contributed by atoms with Crippen LogP contribution < -0.4 is 5.32 Å². The van der Waals surface area contributed by atoms with Gasteiger partial charge in [0.1, 0.15) is 11.6 Å². The molecule has 0 fully saturated rings. The lowest BCUT2D eigenvalue weighted by Crippen LogP contribution is -2.19. The SMILES string of the molecule is CNC(Cc1cc(F)ccc1C)c1cc(F)cc(Br)c1. The minimum atomic E-state index is -0.286. The largest absolute Gasteiger partial charge is 0.313 e. The molecule has 20 heavy (non-hydrogen) atoms. The van der Waals surface area contributed by atoms with Gasteiger partial charge < -0.3 is 5.32 Å². The monoisotopic (exact) mass is 339 g/mol. The molecular weight excluding hydrogens is 324 g/mol. The summed E-state index contributed by atoms with van der Waals surface area (Å²) in [4.78, 5) is 0. The van der Waals surface area contributed by atoms with Gasteiger partial charge in [-0.2, -0.15) is 0 Å². The quantitative estimate of drug-likeness (QED) is 0.862. The molecule has 0 saturated heterocycles. The third-order valence-electron chi connectivity index (χ3n) is 3.37. The molecule has 0 aliphatic rings. The Morgan fingerprint density at radius 1 is 1.10 bits per heavy atom. The minimum Gasteiger partial charge on any atom is -0.313 e. The molecule has 2 rings (SSSR count). The molecule has 1 nitrogen and oxygen atoms in total. The molecule has 106 valence electrons. The molecule has 0 amide bonds. The lowest BCUT2D eigenvalue weighted by atomic mass is 9.96. The topological polar surface area (TPSA) is 12.0 Å². The fourth-order valence-corrected chi connectivity index (χ4v) is 2.73. The fourth-order valence-electron chi connectivity index (χ4n) is 2.24. The third kappa shape index (κ3) is 3.64. The van der Waals surface area contributed by atoms with E-state index in [0.29, 0.717) is 10.9 Å². The van der Waals surface area contributed by atoms with E-state index in [-0.39, 0.29) is 17.7 Å². The van der Waals surface area contributed by atoms with E-state index in [1.54, 1.807) is 6.07 Å². The lowest BCUT2D eigenvalue weighted by Gasteiger charge is -2.18. The maximum Gasteiger partial charge on any atom is 0.124 e. The van der Waals surface area contributed by atoms with Gasteiger partial charge >= 0.3 is 0 Å². The predicted octanol–water partition coefficient (Wildman–Crippen LogP) is 4.54. The first-order chi connectivity index (χ1) is 9.49. The number of halogens is 3. The summed E-state index contributed by atoms with van der Waals surface area (Å²) in [5.41, 5.74) is 2.79. The summed E-state index contributed by atoms with van der Waals surface area (Å²) in [6, 6.07) is 9.48. The normalized spacial score (nSPS) is 12.4. The van der Waals surface area contributed by atoms with Crippen LogP contribution in [0.5, 0.6) is 0 Å². The standard InChI is InChI=1S/C16H16BrF2N/c1-10-3-4-14(18)6-11(10)8-16(20-2)12-5-13(17)9-15(19)7-12/h3-7,9,16,20H,8H2,1-2H3. The highest BCUT2D eigenvalue weighted by atomic mass is 79.9. The molecule has 4 heteroatoms. The van der Waals surface area contributed by atoms with Gasteiger partial charge in [0.05, 0.1) is 0 Å². The van der Waals surface area contributed by atoms with Crippen molar-refractivity contribution in [3.63, 3.8) is 0 Å². The Morgan fingerprint density at radius 3 is 2.50 bits per heavy atom. The third-order valence-corrected chi connectivity index (χ3v) is 3.83. The summed E-state index contributed by atoms with van der Waals surface area (Å²) in [6.45, 7) is 1.95. The van der Waals surface area contributed by atoms with Crippen molar-refractivity contribution in [2.24, 2.45) is 0 Å². The first-order valence-corrected chi connectivity index (χ1v) is 7.17. The smallest absolute Gasteiger partial charge is 0.124 e. The van der Waals surface area contributed by atoms with E-state index in [1.165, 1.54) is 24.3 Å². The van der Waals surface area contributed by atoms with E-state index >= 15 is 0 Å². The van der Waals surface area contributed by atoms with Crippen LogP contribution in [-0.2, 0) is 6.42 Å². The molecule has 2 aromatic carbocycles. The molecule has 0 bridgehead atoms. The molecule has 0 radical (unpaired) electrons. The Hall–Kier alpha value is -1.26. The number of likely N-dealkylation sites (N-methyl/N-ethyl adjacent to an activating group) is 1. The summed E-state index contributed by atoms with van der Waals surface area (Å²) < 4.78 is 27.5. The molecule has 1 unspecified atom stereocenters. The second kappa shape index (κ2) is 6.46. The van der Waals surface area contributed by atoms with Gasteiger partial charge in [0.2, 0.25) is 0 Å². The molecule has 0 aromatic heterocycles. The van der Waals surface area contributed by atoms with Crippen LogP contribution >= 0.6 is 15.9 Å². The molecule has 0 spiro atoms. The van der Waals surface area contributed by atoms with Crippen LogP contribution in [0.3, 0.4) is 0 Å². The van der Waals surface area contributed by atoms with Crippen LogP contribution in [0.1, 0.15) is 22.7 Å². The zero-order valence-corrected chi connectivity index (χ0v) is 13.0. The maximum atomic E-state index is 13.5. The molecule has 2 aromatic rings. The van der Waals surface area contributed by atoms with Crippen molar-refractivity contribution in [1.82, 2.24) is 5.32 Å². The van der Waals surface area contributed by atoms with Crippen LogP contribution in [0.25, 0.3) is 0 Å². The molecule has 1 atom stereocenters. The highest BCUT2D eigenvalue weighted by Gasteiger charge is 2.13. The van der Waals surface area contributed by atoms with E-state index in [1.807, 2.05) is 20.0 Å². The van der Waals surface area contributed by atoms with Gasteiger partial charge in [0.25, 0.3) is 0 Å². The van der Waals surface area contributed by atoms with Gasteiger partial charge in [-0.1, -0.05) is 22.0 Å². The van der Waals surface area contributed by atoms with Gasteiger partial charge in [-0.25, -0.2) is 8.78 Å². The van der Waals surface area contributed by atoms with E-state index in [0.717, 1.165) is 16.7 Å². The first-order valence-electron chi connectivity index (χ1n) is 6.38. The Labute approximate surface area is 126 Å². The fraction of sp³-hybridized carbons (Fsp3) is 0.250. The maximum absolute atomic E-state index is 13.5. The molecule has 0 aliphatic heterocycles. The Kier molecular flexibility index (Phi) is 4.89. The summed E-state index contributed by atoms with van der Waals surface area (Å²) in [6.07, 6.45) is 0.607. The van der Waals surface area contributed by atoms with Gasteiger partial charge in [-0.3, -0.25) is 0 Å². The second-order valence-electron chi connectivity index (χ2n) is 4.82. The van der Waals surface area contributed by atoms with Gasteiger partial charge in [-0.15, -0.1) is 0 Å². The van der Waals surface area contributed by atoms with Crippen LogP contribution in [0.4, 0.5) is 8.78 Å². The summed E-state index contributed by atoms with van der Waals surface area (Å²) >= 11 is 3.29.